The molecular formula is C21H14N2O4S. The summed E-state index contributed by atoms with van der Waals surface area (Å²) in [6.45, 7) is 0. The van der Waals surface area contributed by atoms with E-state index in [0.717, 1.165) is 11.3 Å². The van der Waals surface area contributed by atoms with E-state index in [9.17, 15) is 9.59 Å². The summed E-state index contributed by atoms with van der Waals surface area (Å²) in [5.74, 6) is -0.0987. The van der Waals surface area contributed by atoms with Crippen molar-refractivity contribution in [2.75, 3.05) is 0 Å². The molecule has 1 aliphatic rings. The van der Waals surface area contributed by atoms with E-state index in [1.165, 1.54) is 23.9 Å². The molecule has 1 saturated heterocycles. The lowest BCUT2D eigenvalue weighted by atomic mass is 10.1. The van der Waals surface area contributed by atoms with Crippen molar-refractivity contribution in [2.24, 2.45) is 4.99 Å². The van der Waals surface area contributed by atoms with Gasteiger partial charge < -0.3 is 14.8 Å². The van der Waals surface area contributed by atoms with Gasteiger partial charge in [0, 0.05) is 11.6 Å². The molecule has 0 aliphatic carbocycles. The molecule has 2 aromatic carbocycles. The lowest BCUT2D eigenvalue weighted by molar-refractivity contribution is -0.115. The first-order valence-corrected chi connectivity index (χ1v) is 9.18. The van der Waals surface area contributed by atoms with Crippen molar-refractivity contribution in [1.82, 2.24) is 5.32 Å². The minimum atomic E-state index is -0.978. The van der Waals surface area contributed by atoms with Crippen LogP contribution in [0.4, 0.5) is 5.69 Å². The Morgan fingerprint density at radius 2 is 1.79 bits per heavy atom. The number of amides is 1. The number of rotatable bonds is 4. The van der Waals surface area contributed by atoms with E-state index in [0.29, 0.717) is 21.6 Å². The summed E-state index contributed by atoms with van der Waals surface area (Å²) in [5, 5.41) is 12.2. The number of hydrogen-bond donors (Lipinski definition) is 2. The van der Waals surface area contributed by atoms with Crippen LogP contribution in [0.25, 0.3) is 17.4 Å². The van der Waals surface area contributed by atoms with E-state index in [4.69, 9.17) is 9.52 Å². The zero-order chi connectivity index (χ0) is 19.5. The van der Waals surface area contributed by atoms with Gasteiger partial charge in [0.1, 0.15) is 11.5 Å². The molecule has 1 fully saturated rings. The van der Waals surface area contributed by atoms with Gasteiger partial charge in [-0.05, 0) is 48.2 Å². The number of carbonyl (C=O) groups excluding carboxylic acids is 1. The maximum atomic E-state index is 12.2. The molecule has 0 spiro atoms. The minimum absolute atomic E-state index is 0.210. The van der Waals surface area contributed by atoms with Gasteiger partial charge in [-0.3, -0.25) is 4.79 Å². The van der Waals surface area contributed by atoms with Crippen LogP contribution >= 0.6 is 11.8 Å². The first-order chi connectivity index (χ1) is 13.6. The third-order valence-electron chi connectivity index (χ3n) is 3.95. The number of aliphatic imine (C=N–C) groups is 1. The highest BCUT2D eigenvalue weighted by atomic mass is 32.2. The molecule has 4 rings (SSSR count). The summed E-state index contributed by atoms with van der Waals surface area (Å²) < 4.78 is 5.78. The maximum absolute atomic E-state index is 12.2. The number of thioether (sulfide) groups is 1. The van der Waals surface area contributed by atoms with Crippen molar-refractivity contribution in [3.05, 3.63) is 83.0 Å². The fraction of sp³-hybridized carbons (Fsp3) is 0. The van der Waals surface area contributed by atoms with E-state index in [1.54, 1.807) is 30.3 Å². The Morgan fingerprint density at radius 3 is 2.50 bits per heavy atom. The molecule has 138 valence electrons. The summed E-state index contributed by atoms with van der Waals surface area (Å²) in [6.07, 6.45) is 1.66. The highest BCUT2D eigenvalue weighted by molar-refractivity contribution is 8.18. The second kappa shape index (κ2) is 7.58. The maximum Gasteiger partial charge on any atom is 0.335 e. The Labute approximate surface area is 164 Å². The number of para-hydroxylation sites is 1. The first kappa shape index (κ1) is 17.8. The van der Waals surface area contributed by atoms with Crippen molar-refractivity contribution >= 4 is 40.6 Å². The van der Waals surface area contributed by atoms with Crippen molar-refractivity contribution in [1.29, 1.82) is 0 Å². The summed E-state index contributed by atoms with van der Waals surface area (Å²) in [6, 6.07) is 19.3. The summed E-state index contributed by atoms with van der Waals surface area (Å²) in [7, 11) is 0. The highest BCUT2D eigenvalue weighted by Crippen LogP contribution is 2.30. The number of carboxylic acids is 1. The number of nitrogens with zero attached hydrogens (tertiary/aromatic N) is 1. The Bertz CT molecular complexity index is 1100. The number of furan rings is 1. The van der Waals surface area contributed by atoms with Crippen LogP contribution in [0.2, 0.25) is 0 Å². The normalized spacial score (nSPS) is 16.5. The van der Waals surface area contributed by atoms with Crippen molar-refractivity contribution in [3.63, 3.8) is 0 Å². The van der Waals surface area contributed by atoms with Crippen LogP contribution in [-0.4, -0.2) is 22.2 Å². The molecule has 28 heavy (non-hydrogen) atoms. The molecule has 2 N–H and O–H groups in total. The number of aromatic carboxylic acids is 1. The summed E-state index contributed by atoms with van der Waals surface area (Å²) >= 11 is 1.24. The minimum Gasteiger partial charge on any atom is -0.478 e. The fourth-order valence-electron chi connectivity index (χ4n) is 2.59. The molecule has 0 unspecified atom stereocenters. The molecule has 6 nitrogen and oxygen atoms in total. The Morgan fingerprint density at radius 1 is 1.04 bits per heavy atom. The third-order valence-corrected chi connectivity index (χ3v) is 4.86. The molecule has 2 heterocycles. The van der Waals surface area contributed by atoms with E-state index in [2.05, 4.69) is 10.3 Å². The van der Waals surface area contributed by atoms with E-state index in [-0.39, 0.29) is 11.5 Å². The predicted molar refractivity (Wildman–Crippen MR) is 108 cm³/mol. The Kier molecular flexibility index (Phi) is 4.82. The van der Waals surface area contributed by atoms with Crippen molar-refractivity contribution < 1.29 is 19.1 Å². The molecule has 0 radical (unpaired) electrons. The standard InChI is InChI=1S/C21H14N2O4S/c24-19-18(28-21(23-19)22-15-4-2-1-3-5-15)12-16-10-11-17(27-16)13-6-8-14(9-7-13)20(25)26/h1-12H,(H,25,26)(H,22,23,24). The topological polar surface area (TPSA) is 91.9 Å². The SMILES string of the molecule is O=C1NC(=Nc2ccccc2)SC1=Cc1ccc(-c2ccc(C(=O)O)cc2)o1. The molecule has 0 saturated carbocycles. The number of carboxylic acid groups (broad SMARTS) is 1. The van der Waals surface area contributed by atoms with Gasteiger partial charge >= 0.3 is 5.97 Å². The molecule has 3 aromatic rings. The zero-order valence-corrected chi connectivity index (χ0v) is 15.3. The average molecular weight is 390 g/mol. The predicted octanol–water partition coefficient (Wildman–Crippen LogP) is 4.54. The fourth-order valence-corrected chi connectivity index (χ4v) is 3.41. The lowest BCUT2D eigenvalue weighted by Gasteiger charge is -1.98. The zero-order valence-electron chi connectivity index (χ0n) is 14.5. The third kappa shape index (κ3) is 3.89. The van der Waals surface area contributed by atoms with Gasteiger partial charge in [-0.25, -0.2) is 9.79 Å². The van der Waals surface area contributed by atoms with Gasteiger partial charge in [-0.15, -0.1) is 0 Å². The van der Waals surface area contributed by atoms with Crippen LogP contribution in [0, 0.1) is 0 Å². The van der Waals surface area contributed by atoms with Gasteiger partial charge in [-0.1, -0.05) is 30.3 Å². The number of amidine groups is 1. The second-order valence-electron chi connectivity index (χ2n) is 5.90. The summed E-state index contributed by atoms with van der Waals surface area (Å²) in [5.41, 5.74) is 1.73. The van der Waals surface area contributed by atoms with Crippen LogP contribution in [-0.2, 0) is 4.79 Å². The molecule has 0 bridgehead atoms. The number of benzene rings is 2. The largest absolute Gasteiger partial charge is 0.478 e. The van der Waals surface area contributed by atoms with Gasteiger partial charge in [0.2, 0.25) is 0 Å². The van der Waals surface area contributed by atoms with Gasteiger partial charge in [0.15, 0.2) is 5.17 Å². The van der Waals surface area contributed by atoms with Crippen LogP contribution in [0.1, 0.15) is 16.1 Å². The number of hydrogen-bond acceptors (Lipinski definition) is 5. The van der Waals surface area contributed by atoms with E-state index in [1.807, 2.05) is 30.3 Å². The highest BCUT2D eigenvalue weighted by Gasteiger charge is 2.24. The summed E-state index contributed by atoms with van der Waals surface area (Å²) in [4.78, 5) is 28.0. The van der Waals surface area contributed by atoms with Gasteiger partial charge in [0.05, 0.1) is 16.2 Å². The molecular weight excluding hydrogens is 376 g/mol. The molecule has 1 amide bonds. The number of nitrogens with one attached hydrogen (secondary N) is 1. The number of carbonyl (C=O) groups is 2. The molecule has 1 aromatic heterocycles. The Hall–Kier alpha value is -3.58. The van der Waals surface area contributed by atoms with E-state index >= 15 is 0 Å². The van der Waals surface area contributed by atoms with Gasteiger partial charge in [-0.2, -0.15) is 0 Å². The first-order valence-electron chi connectivity index (χ1n) is 8.37. The lowest BCUT2D eigenvalue weighted by Crippen LogP contribution is -2.19. The molecule has 7 heteroatoms. The molecule has 0 atom stereocenters. The quantitative estimate of drug-likeness (QED) is 0.638. The molecule has 1 aliphatic heterocycles. The smallest absolute Gasteiger partial charge is 0.335 e. The second-order valence-corrected chi connectivity index (χ2v) is 6.93. The monoisotopic (exact) mass is 390 g/mol. The van der Waals surface area contributed by atoms with Gasteiger partial charge in [0.25, 0.3) is 5.91 Å². The van der Waals surface area contributed by atoms with Crippen LogP contribution in [0.5, 0.6) is 0 Å². The van der Waals surface area contributed by atoms with Crippen LogP contribution in [0.3, 0.4) is 0 Å². The average Bonchev–Trinajstić information content (AvgIpc) is 3.30. The van der Waals surface area contributed by atoms with E-state index < -0.39 is 5.97 Å². The van der Waals surface area contributed by atoms with Crippen molar-refractivity contribution in [3.8, 4) is 11.3 Å². The van der Waals surface area contributed by atoms with Crippen LogP contribution < -0.4 is 5.32 Å². The Balaban J connectivity index is 1.53. The van der Waals surface area contributed by atoms with Crippen LogP contribution in [0.15, 0.2) is 81.0 Å². The van der Waals surface area contributed by atoms with Crippen molar-refractivity contribution in [2.45, 2.75) is 0 Å².